The molecule has 0 amide bonds. The van der Waals surface area contributed by atoms with Gasteiger partial charge in [0.2, 0.25) is 0 Å². The molecule has 1 aliphatic rings. The summed E-state index contributed by atoms with van der Waals surface area (Å²) >= 11 is 1.98. The highest BCUT2D eigenvalue weighted by Crippen LogP contribution is 2.26. The van der Waals surface area contributed by atoms with Crippen LogP contribution in [0.5, 0.6) is 0 Å². The summed E-state index contributed by atoms with van der Waals surface area (Å²) in [5.74, 6) is 1.89. The molecule has 0 bridgehead atoms. The summed E-state index contributed by atoms with van der Waals surface area (Å²) in [4.78, 5) is 4.14. The van der Waals surface area contributed by atoms with Gasteiger partial charge in [-0.15, -0.1) is 0 Å². The third kappa shape index (κ3) is 2.58. The number of hydrogen-bond donors (Lipinski definition) is 2. The molecule has 2 heterocycles. The second-order valence-electron chi connectivity index (χ2n) is 3.79. The Morgan fingerprint density at radius 3 is 3.25 bits per heavy atom. The van der Waals surface area contributed by atoms with Crippen LogP contribution in [0.1, 0.15) is 18.4 Å². The molecule has 1 unspecified atom stereocenters. The molecule has 4 nitrogen and oxygen atoms in total. The number of nitrogens with one attached hydrogen (secondary N) is 1. The van der Waals surface area contributed by atoms with Gasteiger partial charge in [-0.05, 0) is 24.7 Å². The molecule has 1 aliphatic heterocycles. The van der Waals surface area contributed by atoms with Crippen molar-refractivity contribution in [2.75, 3.05) is 23.3 Å². The van der Waals surface area contributed by atoms with Crippen LogP contribution in [0, 0.1) is 11.3 Å². The summed E-state index contributed by atoms with van der Waals surface area (Å²) in [7, 11) is 0. The SMILES string of the molecule is N#Cc1cc(N)cnc1NCC1CCCS1. The number of pyridine rings is 1. The van der Waals surface area contributed by atoms with Gasteiger partial charge >= 0.3 is 0 Å². The van der Waals surface area contributed by atoms with E-state index in [4.69, 9.17) is 11.0 Å². The molecule has 0 spiro atoms. The van der Waals surface area contributed by atoms with Crippen molar-refractivity contribution in [3.8, 4) is 6.07 Å². The molecule has 1 aromatic rings. The lowest BCUT2D eigenvalue weighted by molar-refractivity contribution is 0.803. The first-order chi connectivity index (χ1) is 7.79. The minimum absolute atomic E-state index is 0.517. The lowest BCUT2D eigenvalue weighted by Crippen LogP contribution is -2.15. The number of aromatic nitrogens is 1. The standard InChI is InChI=1S/C11H14N4S/c12-5-8-4-9(13)6-14-11(8)15-7-10-2-1-3-16-10/h4,6,10H,1-3,7,13H2,(H,14,15). The van der Waals surface area contributed by atoms with Gasteiger partial charge < -0.3 is 11.1 Å². The van der Waals surface area contributed by atoms with Crippen molar-refractivity contribution in [3.63, 3.8) is 0 Å². The van der Waals surface area contributed by atoms with Crippen LogP contribution in [0.15, 0.2) is 12.3 Å². The number of nitrogens with zero attached hydrogens (tertiary/aromatic N) is 2. The molecule has 1 aromatic heterocycles. The molecule has 1 saturated heterocycles. The fraction of sp³-hybridized carbons (Fsp3) is 0.455. The topological polar surface area (TPSA) is 74.7 Å². The summed E-state index contributed by atoms with van der Waals surface area (Å²) < 4.78 is 0. The minimum atomic E-state index is 0.517. The number of nitrogens with two attached hydrogens (primary N) is 1. The van der Waals surface area contributed by atoms with Gasteiger partial charge in [0.15, 0.2) is 0 Å². The van der Waals surface area contributed by atoms with Gasteiger partial charge in [-0.25, -0.2) is 4.98 Å². The van der Waals surface area contributed by atoms with Crippen LogP contribution in [0.2, 0.25) is 0 Å². The Morgan fingerprint density at radius 1 is 1.69 bits per heavy atom. The van der Waals surface area contributed by atoms with Gasteiger partial charge in [0.25, 0.3) is 0 Å². The molecule has 1 atom stereocenters. The summed E-state index contributed by atoms with van der Waals surface area (Å²) in [6.07, 6.45) is 4.11. The first-order valence-electron chi connectivity index (χ1n) is 5.30. The zero-order chi connectivity index (χ0) is 11.4. The van der Waals surface area contributed by atoms with Gasteiger partial charge in [-0.3, -0.25) is 0 Å². The molecule has 0 aromatic carbocycles. The minimum Gasteiger partial charge on any atom is -0.397 e. The number of nitriles is 1. The normalized spacial score (nSPS) is 19.3. The van der Waals surface area contributed by atoms with E-state index in [1.807, 2.05) is 11.8 Å². The number of rotatable bonds is 3. The third-order valence-electron chi connectivity index (χ3n) is 2.55. The second-order valence-corrected chi connectivity index (χ2v) is 5.20. The fourth-order valence-corrected chi connectivity index (χ4v) is 2.92. The van der Waals surface area contributed by atoms with E-state index in [0.717, 1.165) is 6.54 Å². The summed E-state index contributed by atoms with van der Waals surface area (Å²) in [5, 5.41) is 12.8. The number of thioether (sulfide) groups is 1. The number of anilines is 2. The van der Waals surface area contributed by atoms with Crippen LogP contribution in [0.25, 0.3) is 0 Å². The second kappa shape index (κ2) is 5.08. The van der Waals surface area contributed by atoms with Crippen LogP contribution >= 0.6 is 11.8 Å². The molecule has 84 valence electrons. The zero-order valence-corrected chi connectivity index (χ0v) is 9.76. The van der Waals surface area contributed by atoms with Gasteiger partial charge in [-0.1, -0.05) is 0 Å². The maximum Gasteiger partial charge on any atom is 0.144 e. The molecule has 16 heavy (non-hydrogen) atoms. The van der Waals surface area contributed by atoms with Crippen LogP contribution < -0.4 is 11.1 Å². The molecular formula is C11H14N4S. The molecule has 0 radical (unpaired) electrons. The highest BCUT2D eigenvalue weighted by atomic mass is 32.2. The van der Waals surface area contributed by atoms with Crippen molar-refractivity contribution in [1.82, 2.24) is 4.98 Å². The maximum atomic E-state index is 8.94. The Hall–Kier alpha value is -1.41. The van der Waals surface area contributed by atoms with E-state index in [0.29, 0.717) is 22.3 Å². The Balaban J connectivity index is 2.00. The van der Waals surface area contributed by atoms with E-state index in [-0.39, 0.29) is 0 Å². The first-order valence-corrected chi connectivity index (χ1v) is 6.35. The summed E-state index contributed by atoms with van der Waals surface area (Å²) in [6, 6.07) is 3.75. The average Bonchev–Trinajstić information content (AvgIpc) is 2.80. The third-order valence-corrected chi connectivity index (χ3v) is 3.95. The molecule has 0 aliphatic carbocycles. The molecule has 0 saturated carbocycles. The number of hydrogen-bond acceptors (Lipinski definition) is 5. The van der Waals surface area contributed by atoms with E-state index in [1.165, 1.54) is 18.6 Å². The predicted molar refractivity (Wildman–Crippen MR) is 67.3 cm³/mol. The summed E-state index contributed by atoms with van der Waals surface area (Å²) in [5.41, 5.74) is 6.62. The van der Waals surface area contributed by atoms with Crippen molar-refractivity contribution in [2.45, 2.75) is 18.1 Å². The Bertz CT molecular complexity index is 407. The van der Waals surface area contributed by atoms with Crippen LogP contribution in [-0.4, -0.2) is 22.5 Å². The Kier molecular flexibility index (Phi) is 3.52. The lowest BCUT2D eigenvalue weighted by Gasteiger charge is -2.11. The Morgan fingerprint density at radius 2 is 2.56 bits per heavy atom. The largest absolute Gasteiger partial charge is 0.397 e. The quantitative estimate of drug-likeness (QED) is 0.834. The fourth-order valence-electron chi connectivity index (χ4n) is 1.72. The van der Waals surface area contributed by atoms with Gasteiger partial charge in [-0.2, -0.15) is 17.0 Å². The van der Waals surface area contributed by atoms with Gasteiger partial charge in [0, 0.05) is 11.8 Å². The molecular weight excluding hydrogens is 220 g/mol. The number of nitrogen functional groups attached to an aromatic ring is 1. The molecule has 5 heteroatoms. The average molecular weight is 234 g/mol. The lowest BCUT2D eigenvalue weighted by atomic mass is 10.2. The van der Waals surface area contributed by atoms with E-state index in [2.05, 4.69) is 16.4 Å². The summed E-state index contributed by atoms with van der Waals surface area (Å²) in [6.45, 7) is 0.871. The highest BCUT2D eigenvalue weighted by Gasteiger charge is 2.15. The van der Waals surface area contributed by atoms with Crippen molar-refractivity contribution >= 4 is 23.3 Å². The van der Waals surface area contributed by atoms with Crippen LogP contribution in [0.3, 0.4) is 0 Å². The van der Waals surface area contributed by atoms with Crippen molar-refractivity contribution in [1.29, 1.82) is 5.26 Å². The van der Waals surface area contributed by atoms with Crippen molar-refractivity contribution in [3.05, 3.63) is 17.8 Å². The monoisotopic (exact) mass is 234 g/mol. The van der Waals surface area contributed by atoms with E-state index in [9.17, 15) is 0 Å². The van der Waals surface area contributed by atoms with E-state index >= 15 is 0 Å². The predicted octanol–water partition coefficient (Wildman–Crippen LogP) is 1.84. The van der Waals surface area contributed by atoms with Gasteiger partial charge in [0.05, 0.1) is 17.4 Å². The van der Waals surface area contributed by atoms with E-state index in [1.54, 1.807) is 12.3 Å². The smallest absolute Gasteiger partial charge is 0.144 e. The maximum absolute atomic E-state index is 8.94. The van der Waals surface area contributed by atoms with Crippen molar-refractivity contribution < 1.29 is 0 Å². The van der Waals surface area contributed by atoms with Crippen LogP contribution in [0.4, 0.5) is 11.5 Å². The zero-order valence-electron chi connectivity index (χ0n) is 8.94. The first kappa shape index (κ1) is 11.1. The van der Waals surface area contributed by atoms with Crippen molar-refractivity contribution in [2.24, 2.45) is 0 Å². The highest BCUT2D eigenvalue weighted by molar-refractivity contribution is 8.00. The van der Waals surface area contributed by atoms with Gasteiger partial charge in [0.1, 0.15) is 11.9 Å². The molecule has 1 fully saturated rings. The Labute approximate surface area is 99.2 Å². The van der Waals surface area contributed by atoms with E-state index < -0.39 is 0 Å². The molecule has 3 N–H and O–H groups in total. The molecule has 2 rings (SSSR count). The van der Waals surface area contributed by atoms with Crippen LogP contribution in [-0.2, 0) is 0 Å².